The van der Waals surface area contributed by atoms with Gasteiger partial charge in [-0.15, -0.1) is 0 Å². The number of hydrogen-bond acceptors (Lipinski definition) is 4. The molecule has 114 valence electrons. The molecule has 0 spiro atoms. The van der Waals surface area contributed by atoms with Crippen molar-refractivity contribution in [2.24, 2.45) is 0 Å². The Morgan fingerprint density at radius 1 is 1.05 bits per heavy atom. The van der Waals surface area contributed by atoms with Crippen molar-refractivity contribution in [2.75, 3.05) is 26.2 Å². The Kier molecular flexibility index (Phi) is 4.38. The zero-order valence-electron chi connectivity index (χ0n) is 12.7. The Labute approximate surface area is 126 Å². The van der Waals surface area contributed by atoms with E-state index in [2.05, 4.69) is 25.7 Å². The van der Waals surface area contributed by atoms with Gasteiger partial charge in [-0.1, -0.05) is 0 Å². The molecule has 5 nitrogen and oxygen atoms in total. The van der Waals surface area contributed by atoms with E-state index in [-0.39, 0.29) is 10.4 Å². The van der Waals surface area contributed by atoms with Crippen LogP contribution < -0.4 is 0 Å². The number of rotatable bonds is 2. The fraction of sp³-hybridized carbons (Fsp3) is 0.533. The first kappa shape index (κ1) is 16.0. The van der Waals surface area contributed by atoms with Crippen LogP contribution in [0.25, 0.3) is 0 Å². The molecule has 21 heavy (non-hydrogen) atoms. The Bertz CT molecular complexity index is 631. The lowest BCUT2D eigenvalue weighted by Gasteiger charge is -2.41. The van der Waals surface area contributed by atoms with Crippen molar-refractivity contribution in [2.45, 2.75) is 31.2 Å². The van der Waals surface area contributed by atoms with Crippen molar-refractivity contribution in [1.82, 2.24) is 9.21 Å². The van der Waals surface area contributed by atoms with Gasteiger partial charge in [0.25, 0.3) is 0 Å². The molecule has 1 aliphatic heterocycles. The zero-order chi connectivity index (χ0) is 15.7. The van der Waals surface area contributed by atoms with Crippen LogP contribution in [-0.2, 0) is 10.0 Å². The van der Waals surface area contributed by atoms with Crippen LogP contribution in [0.4, 0.5) is 0 Å². The number of nitrogens with zero attached hydrogens (tertiary/aromatic N) is 3. The van der Waals surface area contributed by atoms with E-state index in [0.717, 1.165) is 13.1 Å². The molecule has 1 aromatic rings. The van der Waals surface area contributed by atoms with Crippen LogP contribution in [-0.4, -0.2) is 49.3 Å². The van der Waals surface area contributed by atoms with Gasteiger partial charge < -0.3 is 0 Å². The van der Waals surface area contributed by atoms with E-state index in [1.807, 2.05) is 6.07 Å². The van der Waals surface area contributed by atoms with Crippen molar-refractivity contribution in [3.63, 3.8) is 0 Å². The van der Waals surface area contributed by atoms with Gasteiger partial charge in [0, 0.05) is 31.7 Å². The molecule has 0 amide bonds. The number of nitriles is 1. The third-order valence-corrected chi connectivity index (χ3v) is 5.72. The predicted molar refractivity (Wildman–Crippen MR) is 81.2 cm³/mol. The maximum absolute atomic E-state index is 12.6. The van der Waals surface area contributed by atoms with E-state index < -0.39 is 10.0 Å². The average molecular weight is 307 g/mol. The summed E-state index contributed by atoms with van der Waals surface area (Å²) in [4.78, 5) is 2.54. The van der Waals surface area contributed by atoms with Crippen LogP contribution in [0.5, 0.6) is 0 Å². The molecule has 1 heterocycles. The molecule has 0 unspecified atom stereocenters. The van der Waals surface area contributed by atoms with Crippen LogP contribution in [0.2, 0.25) is 0 Å². The minimum absolute atomic E-state index is 0.0598. The second kappa shape index (κ2) is 5.76. The molecule has 0 bridgehead atoms. The van der Waals surface area contributed by atoms with E-state index >= 15 is 0 Å². The SMILES string of the molecule is CC(C)(C)N1CCN(S(=O)(=O)c2ccc(C#N)cc2)CC1. The molecule has 0 aliphatic carbocycles. The Morgan fingerprint density at radius 2 is 1.57 bits per heavy atom. The van der Waals surface area contributed by atoms with Crippen molar-refractivity contribution >= 4 is 10.0 Å². The maximum atomic E-state index is 12.6. The Morgan fingerprint density at radius 3 is 2.00 bits per heavy atom. The maximum Gasteiger partial charge on any atom is 0.243 e. The highest BCUT2D eigenvalue weighted by Gasteiger charge is 2.32. The lowest BCUT2D eigenvalue weighted by molar-refractivity contribution is 0.0922. The van der Waals surface area contributed by atoms with Gasteiger partial charge in [0.05, 0.1) is 16.5 Å². The lowest BCUT2D eigenvalue weighted by Crippen LogP contribution is -2.54. The highest BCUT2D eigenvalue weighted by atomic mass is 32.2. The van der Waals surface area contributed by atoms with E-state index in [4.69, 9.17) is 5.26 Å². The normalized spacial score (nSPS) is 18.4. The standard InChI is InChI=1S/C15H21N3O2S/c1-15(2,3)17-8-10-18(11-9-17)21(19,20)14-6-4-13(12-16)5-7-14/h4-7H,8-11H2,1-3H3. The van der Waals surface area contributed by atoms with E-state index in [0.29, 0.717) is 18.7 Å². The molecule has 0 saturated carbocycles. The van der Waals surface area contributed by atoms with Gasteiger partial charge in [-0.2, -0.15) is 9.57 Å². The molecule has 1 saturated heterocycles. The predicted octanol–water partition coefficient (Wildman–Crippen LogP) is 1.66. The summed E-state index contributed by atoms with van der Waals surface area (Å²) in [5, 5.41) is 8.77. The van der Waals surface area contributed by atoms with Gasteiger partial charge in [-0.3, -0.25) is 4.90 Å². The van der Waals surface area contributed by atoms with Crippen LogP contribution in [0.1, 0.15) is 26.3 Å². The van der Waals surface area contributed by atoms with E-state index in [9.17, 15) is 8.42 Å². The monoisotopic (exact) mass is 307 g/mol. The number of hydrogen-bond donors (Lipinski definition) is 0. The quantitative estimate of drug-likeness (QED) is 0.833. The number of sulfonamides is 1. The second-order valence-electron chi connectivity index (χ2n) is 6.20. The topological polar surface area (TPSA) is 64.4 Å². The molecule has 2 rings (SSSR count). The summed E-state index contributed by atoms with van der Waals surface area (Å²) in [6.45, 7) is 8.88. The van der Waals surface area contributed by atoms with Crippen molar-refractivity contribution in [3.05, 3.63) is 29.8 Å². The van der Waals surface area contributed by atoms with Gasteiger partial charge in [0.2, 0.25) is 10.0 Å². The number of piperazine rings is 1. The van der Waals surface area contributed by atoms with E-state index in [1.165, 1.54) is 28.6 Å². The van der Waals surface area contributed by atoms with Gasteiger partial charge >= 0.3 is 0 Å². The molecule has 6 heteroatoms. The fourth-order valence-electron chi connectivity index (χ4n) is 2.45. The van der Waals surface area contributed by atoms with Gasteiger partial charge in [0.15, 0.2) is 0 Å². The van der Waals surface area contributed by atoms with Crippen LogP contribution in [0.3, 0.4) is 0 Å². The Balaban J connectivity index is 2.13. The summed E-state index contributed by atoms with van der Waals surface area (Å²) in [7, 11) is -3.46. The van der Waals surface area contributed by atoms with Crippen molar-refractivity contribution in [3.8, 4) is 6.07 Å². The molecule has 1 aliphatic rings. The van der Waals surface area contributed by atoms with Crippen molar-refractivity contribution in [1.29, 1.82) is 5.26 Å². The Hall–Kier alpha value is -1.42. The van der Waals surface area contributed by atoms with Crippen LogP contribution in [0, 0.1) is 11.3 Å². The molecule has 0 N–H and O–H groups in total. The summed E-state index contributed by atoms with van der Waals surface area (Å²) < 4.78 is 26.7. The number of benzene rings is 1. The van der Waals surface area contributed by atoms with Crippen molar-refractivity contribution < 1.29 is 8.42 Å². The fourth-order valence-corrected chi connectivity index (χ4v) is 3.87. The highest BCUT2D eigenvalue weighted by Crippen LogP contribution is 2.21. The molecule has 0 aromatic heterocycles. The molecule has 1 fully saturated rings. The lowest BCUT2D eigenvalue weighted by atomic mass is 10.1. The average Bonchev–Trinajstić information content (AvgIpc) is 2.46. The van der Waals surface area contributed by atoms with Gasteiger partial charge in [-0.25, -0.2) is 8.42 Å². The third kappa shape index (κ3) is 3.43. The first-order valence-corrected chi connectivity index (χ1v) is 8.44. The minimum Gasteiger partial charge on any atom is -0.296 e. The highest BCUT2D eigenvalue weighted by molar-refractivity contribution is 7.89. The largest absolute Gasteiger partial charge is 0.296 e. The molecule has 1 aromatic carbocycles. The molecule has 0 atom stereocenters. The third-order valence-electron chi connectivity index (χ3n) is 3.81. The van der Waals surface area contributed by atoms with Crippen LogP contribution >= 0.6 is 0 Å². The first-order chi connectivity index (χ1) is 9.75. The zero-order valence-corrected chi connectivity index (χ0v) is 13.5. The van der Waals surface area contributed by atoms with Gasteiger partial charge in [-0.05, 0) is 45.0 Å². The first-order valence-electron chi connectivity index (χ1n) is 7.00. The summed E-state index contributed by atoms with van der Waals surface area (Å²) in [5.74, 6) is 0. The van der Waals surface area contributed by atoms with E-state index in [1.54, 1.807) is 0 Å². The molecular weight excluding hydrogens is 286 g/mol. The minimum atomic E-state index is -3.46. The summed E-state index contributed by atoms with van der Waals surface area (Å²) in [6.07, 6.45) is 0. The summed E-state index contributed by atoms with van der Waals surface area (Å²) in [5.41, 5.74) is 0.524. The van der Waals surface area contributed by atoms with Gasteiger partial charge in [0.1, 0.15) is 0 Å². The van der Waals surface area contributed by atoms with Crippen LogP contribution in [0.15, 0.2) is 29.2 Å². The summed E-state index contributed by atoms with van der Waals surface area (Å²) >= 11 is 0. The smallest absolute Gasteiger partial charge is 0.243 e. The summed E-state index contributed by atoms with van der Waals surface area (Å²) in [6, 6.07) is 8.08. The molecule has 0 radical (unpaired) electrons. The second-order valence-corrected chi connectivity index (χ2v) is 8.14. The molecular formula is C15H21N3O2S.